The van der Waals surface area contributed by atoms with Crippen LogP contribution in [0.25, 0.3) is 0 Å². The summed E-state index contributed by atoms with van der Waals surface area (Å²) in [7, 11) is 5.50. The van der Waals surface area contributed by atoms with E-state index in [9.17, 15) is 4.79 Å². The minimum absolute atomic E-state index is 0.393. The van der Waals surface area contributed by atoms with Crippen molar-refractivity contribution < 1.29 is 14.3 Å². The van der Waals surface area contributed by atoms with Gasteiger partial charge in [0.1, 0.15) is 5.60 Å². The lowest BCUT2D eigenvalue weighted by Gasteiger charge is -2.34. The van der Waals surface area contributed by atoms with Crippen LogP contribution in [0.4, 0.5) is 4.79 Å². The summed E-state index contributed by atoms with van der Waals surface area (Å²) >= 11 is 0. The zero-order valence-corrected chi connectivity index (χ0v) is 18.6. The van der Waals surface area contributed by atoms with E-state index in [0.717, 1.165) is 39.1 Å². The molecule has 0 spiro atoms. The number of rotatable bonds is 11. The number of likely N-dealkylation sites (N-methyl/N-ethyl adjacent to an activating group) is 1. The summed E-state index contributed by atoms with van der Waals surface area (Å²) < 4.78 is 10.5. The lowest BCUT2D eigenvalue weighted by Crippen LogP contribution is -2.57. The van der Waals surface area contributed by atoms with Gasteiger partial charge < -0.3 is 30.3 Å². The van der Waals surface area contributed by atoms with Crippen molar-refractivity contribution in [2.45, 2.75) is 58.6 Å². The van der Waals surface area contributed by atoms with Gasteiger partial charge in [0.25, 0.3) is 0 Å². The second-order valence-corrected chi connectivity index (χ2v) is 7.76. The second-order valence-electron chi connectivity index (χ2n) is 7.76. The summed E-state index contributed by atoms with van der Waals surface area (Å²) in [5.74, 6) is 0.715. The van der Waals surface area contributed by atoms with Crippen LogP contribution in [-0.2, 0) is 9.47 Å². The van der Waals surface area contributed by atoms with Crippen LogP contribution in [-0.4, -0.2) is 82.1 Å². The molecule has 0 aliphatic carbocycles. The highest BCUT2D eigenvalue weighted by Crippen LogP contribution is 2.16. The molecule has 0 heterocycles. The largest absolute Gasteiger partial charge is 0.444 e. The third-order valence-electron chi connectivity index (χ3n) is 4.40. The normalized spacial score (nSPS) is 12.9. The van der Waals surface area contributed by atoms with E-state index in [1.165, 1.54) is 0 Å². The van der Waals surface area contributed by atoms with Gasteiger partial charge in [0.15, 0.2) is 5.96 Å². The van der Waals surface area contributed by atoms with Gasteiger partial charge in [-0.05, 0) is 40.7 Å². The molecule has 1 amide bonds. The first kappa shape index (κ1) is 25.5. The molecule has 8 nitrogen and oxygen atoms in total. The average Bonchev–Trinajstić information content (AvgIpc) is 2.60. The van der Waals surface area contributed by atoms with Crippen LogP contribution < -0.4 is 16.0 Å². The smallest absolute Gasteiger partial charge is 0.408 e. The zero-order chi connectivity index (χ0) is 20.9. The van der Waals surface area contributed by atoms with Crippen LogP contribution in [0.15, 0.2) is 4.99 Å². The van der Waals surface area contributed by atoms with E-state index < -0.39 is 17.2 Å². The first-order valence-electron chi connectivity index (χ1n) is 9.74. The van der Waals surface area contributed by atoms with Gasteiger partial charge in [-0.25, -0.2) is 4.79 Å². The predicted octanol–water partition coefficient (Wildman–Crippen LogP) is 1.81. The third-order valence-corrected chi connectivity index (χ3v) is 4.40. The molecular formula is C19H41N5O3. The summed E-state index contributed by atoms with van der Waals surface area (Å²) in [5.41, 5.74) is -0.910. The summed E-state index contributed by atoms with van der Waals surface area (Å²) in [5, 5.41) is 9.66. The van der Waals surface area contributed by atoms with Gasteiger partial charge in [-0.15, -0.1) is 0 Å². The maximum absolute atomic E-state index is 12.2. The van der Waals surface area contributed by atoms with E-state index in [1.54, 1.807) is 14.2 Å². The molecule has 0 saturated heterocycles. The predicted molar refractivity (Wildman–Crippen MR) is 111 cm³/mol. The molecule has 0 aromatic heterocycles. The lowest BCUT2D eigenvalue weighted by atomic mass is 9.93. The highest BCUT2D eigenvalue weighted by Gasteiger charge is 2.30. The molecule has 0 aliphatic heterocycles. The summed E-state index contributed by atoms with van der Waals surface area (Å²) in [6.07, 6.45) is 1.18. The minimum Gasteiger partial charge on any atom is -0.444 e. The second kappa shape index (κ2) is 12.8. The van der Waals surface area contributed by atoms with Crippen LogP contribution >= 0.6 is 0 Å². The van der Waals surface area contributed by atoms with E-state index in [2.05, 4.69) is 46.7 Å². The van der Waals surface area contributed by atoms with Crippen LogP contribution in [0.5, 0.6) is 0 Å². The van der Waals surface area contributed by atoms with E-state index in [1.807, 2.05) is 20.8 Å². The Hall–Kier alpha value is -1.54. The van der Waals surface area contributed by atoms with Gasteiger partial charge in [0.05, 0.1) is 12.1 Å². The number of hydrogen-bond donors (Lipinski definition) is 3. The van der Waals surface area contributed by atoms with Crippen molar-refractivity contribution in [3.8, 4) is 0 Å². The average molecular weight is 388 g/mol. The molecular weight excluding hydrogens is 346 g/mol. The first-order valence-corrected chi connectivity index (χ1v) is 9.74. The van der Waals surface area contributed by atoms with Gasteiger partial charge in [-0.1, -0.05) is 13.8 Å². The van der Waals surface area contributed by atoms with Gasteiger partial charge in [0, 0.05) is 40.3 Å². The number of carbonyl (C=O) groups is 1. The van der Waals surface area contributed by atoms with E-state index >= 15 is 0 Å². The lowest BCUT2D eigenvalue weighted by molar-refractivity contribution is 0.0448. The van der Waals surface area contributed by atoms with Crippen LogP contribution in [0.2, 0.25) is 0 Å². The van der Waals surface area contributed by atoms with Crippen LogP contribution in [0, 0.1) is 0 Å². The number of ether oxygens (including phenoxy) is 2. The Bertz CT molecular complexity index is 445. The molecule has 0 unspecified atom stereocenters. The monoisotopic (exact) mass is 387 g/mol. The zero-order valence-electron chi connectivity index (χ0n) is 18.6. The molecule has 0 aliphatic rings. The van der Waals surface area contributed by atoms with Crippen molar-refractivity contribution in [1.29, 1.82) is 0 Å². The fraction of sp³-hybridized carbons (Fsp3) is 0.895. The molecule has 0 radical (unpaired) electrons. The number of aliphatic imine (C=N–C) groups is 1. The van der Waals surface area contributed by atoms with Crippen LogP contribution in [0.3, 0.4) is 0 Å². The molecule has 0 bridgehead atoms. The Balaban J connectivity index is 4.57. The van der Waals surface area contributed by atoms with Gasteiger partial charge in [0.2, 0.25) is 0 Å². The molecule has 0 fully saturated rings. The van der Waals surface area contributed by atoms with Crippen molar-refractivity contribution in [3.05, 3.63) is 0 Å². The summed E-state index contributed by atoms with van der Waals surface area (Å²) in [4.78, 5) is 18.7. The van der Waals surface area contributed by atoms with Crippen LogP contribution in [0.1, 0.15) is 47.5 Å². The summed E-state index contributed by atoms with van der Waals surface area (Å²) in [6, 6.07) is 0. The molecule has 0 rings (SSSR count). The molecule has 0 aromatic rings. The Labute approximate surface area is 165 Å². The van der Waals surface area contributed by atoms with E-state index in [-0.39, 0.29) is 0 Å². The quantitative estimate of drug-likeness (QED) is 0.370. The minimum atomic E-state index is -0.517. The Kier molecular flexibility index (Phi) is 12.0. The highest BCUT2D eigenvalue weighted by atomic mass is 16.6. The topological polar surface area (TPSA) is 87.2 Å². The number of nitrogens with one attached hydrogen (secondary N) is 3. The number of hydrogen-bond acceptors (Lipinski definition) is 5. The SMILES string of the molecule is CCC(CC)(CNC(=NC)NCCN(C)CCOC)NC(=O)OC(C)(C)C. The molecule has 27 heavy (non-hydrogen) atoms. The summed E-state index contributed by atoms with van der Waals surface area (Å²) in [6.45, 7) is 13.5. The molecule has 160 valence electrons. The first-order chi connectivity index (χ1) is 12.6. The number of nitrogens with zero attached hydrogens (tertiary/aromatic N) is 2. The maximum atomic E-state index is 12.2. The van der Waals surface area contributed by atoms with Gasteiger partial charge >= 0.3 is 6.09 Å². The van der Waals surface area contributed by atoms with E-state index in [4.69, 9.17) is 9.47 Å². The van der Waals surface area contributed by atoms with Crippen molar-refractivity contribution in [1.82, 2.24) is 20.9 Å². The van der Waals surface area contributed by atoms with Gasteiger partial charge in [-0.2, -0.15) is 0 Å². The Morgan fingerprint density at radius 1 is 1.11 bits per heavy atom. The highest BCUT2D eigenvalue weighted by molar-refractivity contribution is 5.79. The van der Waals surface area contributed by atoms with Crippen molar-refractivity contribution in [2.24, 2.45) is 4.99 Å². The number of alkyl carbamates (subject to hydrolysis) is 1. The fourth-order valence-electron chi connectivity index (χ4n) is 2.44. The molecule has 0 saturated carbocycles. The number of amides is 1. The molecule has 0 aromatic carbocycles. The number of carbonyl (C=O) groups excluding carboxylic acids is 1. The van der Waals surface area contributed by atoms with Crippen molar-refractivity contribution in [2.75, 3.05) is 54.0 Å². The molecule has 8 heteroatoms. The molecule has 0 atom stereocenters. The maximum Gasteiger partial charge on any atom is 0.408 e. The van der Waals surface area contributed by atoms with Crippen molar-refractivity contribution in [3.63, 3.8) is 0 Å². The van der Waals surface area contributed by atoms with Crippen molar-refractivity contribution >= 4 is 12.1 Å². The molecule has 3 N–H and O–H groups in total. The van der Waals surface area contributed by atoms with Gasteiger partial charge in [-0.3, -0.25) is 4.99 Å². The standard InChI is InChI=1S/C19H41N5O3/c1-9-19(10-2,23-17(25)27-18(3,4)5)15-22-16(20-6)21-11-12-24(7)13-14-26-8/h9-15H2,1-8H3,(H,23,25)(H2,20,21,22). The fourth-order valence-corrected chi connectivity index (χ4v) is 2.44. The third kappa shape index (κ3) is 11.7. The Morgan fingerprint density at radius 3 is 2.22 bits per heavy atom. The van der Waals surface area contributed by atoms with E-state index in [0.29, 0.717) is 12.5 Å². The Morgan fingerprint density at radius 2 is 1.74 bits per heavy atom. The number of guanidine groups is 1. The number of methoxy groups -OCH3 is 1.